The first-order chi connectivity index (χ1) is 10.1. The van der Waals surface area contributed by atoms with E-state index in [0.717, 1.165) is 25.7 Å². The largest absolute Gasteiger partial charge is 0.384 e. The van der Waals surface area contributed by atoms with Crippen LogP contribution in [-0.4, -0.2) is 50.2 Å². The van der Waals surface area contributed by atoms with Crippen molar-refractivity contribution in [1.82, 2.24) is 10.2 Å². The van der Waals surface area contributed by atoms with E-state index in [2.05, 4.69) is 5.32 Å². The van der Waals surface area contributed by atoms with Gasteiger partial charge in [-0.15, -0.1) is 0 Å². The Morgan fingerprint density at radius 3 is 2.67 bits per heavy atom. The lowest BCUT2D eigenvalue weighted by atomic mass is 9.86. The van der Waals surface area contributed by atoms with Gasteiger partial charge in [-0.2, -0.15) is 0 Å². The predicted octanol–water partition coefficient (Wildman–Crippen LogP) is 1.10. The molecule has 0 radical (unpaired) electrons. The third kappa shape index (κ3) is 4.09. The van der Waals surface area contributed by atoms with E-state index in [1.165, 1.54) is 12.8 Å². The van der Waals surface area contributed by atoms with E-state index < -0.39 is 6.03 Å². The summed E-state index contributed by atoms with van der Waals surface area (Å²) in [5.41, 5.74) is 5.40. The number of amides is 3. The zero-order chi connectivity index (χ0) is 15.3. The van der Waals surface area contributed by atoms with Gasteiger partial charge in [-0.05, 0) is 25.7 Å². The van der Waals surface area contributed by atoms with Gasteiger partial charge in [0.2, 0.25) is 5.91 Å². The van der Waals surface area contributed by atoms with Gasteiger partial charge in [0, 0.05) is 32.2 Å². The average molecular weight is 297 g/mol. The second kappa shape index (κ2) is 7.11. The van der Waals surface area contributed by atoms with E-state index in [-0.39, 0.29) is 17.2 Å². The predicted molar refractivity (Wildman–Crippen MR) is 79.7 cm³/mol. The minimum absolute atomic E-state index is 0.0447. The van der Waals surface area contributed by atoms with Crippen molar-refractivity contribution in [3.05, 3.63) is 0 Å². The average Bonchev–Trinajstić information content (AvgIpc) is 2.94. The lowest BCUT2D eigenvalue weighted by molar-refractivity contribution is -0.127. The van der Waals surface area contributed by atoms with Crippen LogP contribution in [0, 0.1) is 11.3 Å². The Kier molecular flexibility index (Phi) is 5.45. The number of methoxy groups -OCH3 is 1. The minimum atomic E-state index is -0.431. The molecule has 1 aliphatic heterocycles. The molecule has 120 valence electrons. The fourth-order valence-corrected chi connectivity index (χ4v) is 3.61. The number of carbonyl (C=O) groups is 2. The highest BCUT2D eigenvalue weighted by atomic mass is 16.5. The summed E-state index contributed by atoms with van der Waals surface area (Å²) in [5.74, 6) is -0.0874. The first-order valence-corrected chi connectivity index (χ1v) is 7.87. The van der Waals surface area contributed by atoms with Crippen LogP contribution in [0.25, 0.3) is 0 Å². The fraction of sp³-hybridized carbons (Fsp3) is 0.867. The Hall–Kier alpha value is -1.30. The highest BCUT2D eigenvalue weighted by Gasteiger charge is 2.35. The molecule has 2 rings (SSSR count). The fourth-order valence-electron chi connectivity index (χ4n) is 3.61. The zero-order valence-corrected chi connectivity index (χ0v) is 12.9. The molecule has 1 saturated heterocycles. The number of nitrogens with two attached hydrogens (primary N) is 1. The maximum absolute atomic E-state index is 12.3. The van der Waals surface area contributed by atoms with Crippen LogP contribution in [0.3, 0.4) is 0 Å². The van der Waals surface area contributed by atoms with E-state index >= 15 is 0 Å². The van der Waals surface area contributed by atoms with Gasteiger partial charge >= 0.3 is 6.03 Å². The number of rotatable bonds is 5. The van der Waals surface area contributed by atoms with Crippen molar-refractivity contribution in [3.63, 3.8) is 0 Å². The van der Waals surface area contributed by atoms with Crippen LogP contribution in [0.2, 0.25) is 0 Å². The van der Waals surface area contributed by atoms with Crippen molar-refractivity contribution in [2.75, 3.05) is 33.4 Å². The monoisotopic (exact) mass is 297 g/mol. The molecule has 21 heavy (non-hydrogen) atoms. The first-order valence-electron chi connectivity index (χ1n) is 7.87. The van der Waals surface area contributed by atoms with Crippen molar-refractivity contribution >= 4 is 11.9 Å². The SMILES string of the molecule is COCC1(CNC(=O)[C@H]2CCCN(C(N)=O)C2)CCCC1. The highest BCUT2D eigenvalue weighted by molar-refractivity contribution is 5.80. The maximum Gasteiger partial charge on any atom is 0.314 e. The summed E-state index contributed by atoms with van der Waals surface area (Å²) in [6, 6.07) is -0.431. The molecule has 0 unspecified atom stereocenters. The molecule has 1 aliphatic carbocycles. The molecule has 0 spiro atoms. The summed E-state index contributed by atoms with van der Waals surface area (Å²) in [6.45, 7) is 2.48. The highest BCUT2D eigenvalue weighted by Crippen LogP contribution is 2.37. The maximum atomic E-state index is 12.3. The van der Waals surface area contributed by atoms with Gasteiger partial charge < -0.3 is 20.7 Å². The summed E-state index contributed by atoms with van der Waals surface area (Å²) >= 11 is 0. The number of carbonyl (C=O) groups excluding carboxylic acids is 2. The van der Waals surface area contributed by atoms with Crippen LogP contribution in [0.15, 0.2) is 0 Å². The molecule has 1 saturated carbocycles. The van der Waals surface area contributed by atoms with Crippen LogP contribution in [-0.2, 0) is 9.53 Å². The lowest BCUT2D eigenvalue weighted by Crippen LogP contribution is -2.49. The first kappa shape index (κ1) is 16.1. The molecular weight excluding hydrogens is 270 g/mol. The van der Waals surface area contributed by atoms with Crippen LogP contribution < -0.4 is 11.1 Å². The standard InChI is InChI=1S/C15H27N3O3/c1-21-11-15(6-2-3-7-15)10-17-13(19)12-5-4-8-18(9-12)14(16)20/h12H,2-11H2,1H3,(H2,16,20)(H,17,19)/t12-/m0/s1. The van der Waals surface area contributed by atoms with E-state index in [1.807, 2.05) is 0 Å². The van der Waals surface area contributed by atoms with Crippen LogP contribution >= 0.6 is 0 Å². The van der Waals surface area contributed by atoms with Gasteiger partial charge in [-0.1, -0.05) is 12.8 Å². The molecule has 0 bridgehead atoms. The Bertz CT molecular complexity index is 380. The Morgan fingerprint density at radius 1 is 1.33 bits per heavy atom. The van der Waals surface area contributed by atoms with Gasteiger partial charge in [-0.3, -0.25) is 4.79 Å². The van der Waals surface area contributed by atoms with Gasteiger partial charge in [0.15, 0.2) is 0 Å². The number of primary amides is 1. The molecule has 1 heterocycles. The molecule has 2 fully saturated rings. The molecule has 3 N–H and O–H groups in total. The van der Waals surface area contributed by atoms with Crippen LogP contribution in [0.5, 0.6) is 0 Å². The Labute approximate surface area is 126 Å². The summed E-state index contributed by atoms with van der Waals surface area (Å²) in [7, 11) is 1.72. The topological polar surface area (TPSA) is 84.7 Å². The number of likely N-dealkylation sites (tertiary alicyclic amines) is 1. The molecule has 0 aromatic carbocycles. The second-order valence-electron chi connectivity index (χ2n) is 6.48. The molecule has 0 aromatic heterocycles. The molecule has 6 nitrogen and oxygen atoms in total. The molecule has 0 aromatic rings. The second-order valence-corrected chi connectivity index (χ2v) is 6.48. The zero-order valence-electron chi connectivity index (χ0n) is 12.9. The van der Waals surface area contributed by atoms with Crippen molar-refractivity contribution in [3.8, 4) is 0 Å². The quantitative estimate of drug-likeness (QED) is 0.797. The van der Waals surface area contributed by atoms with Crippen molar-refractivity contribution in [2.24, 2.45) is 17.1 Å². The molecule has 6 heteroatoms. The van der Waals surface area contributed by atoms with Gasteiger partial charge in [0.05, 0.1) is 12.5 Å². The number of nitrogens with one attached hydrogen (secondary N) is 1. The Morgan fingerprint density at radius 2 is 2.05 bits per heavy atom. The van der Waals surface area contributed by atoms with Crippen LogP contribution in [0.1, 0.15) is 38.5 Å². The summed E-state index contributed by atoms with van der Waals surface area (Å²) in [4.78, 5) is 25.1. The van der Waals surface area contributed by atoms with Crippen molar-refractivity contribution < 1.29 is 14.3 Å². The van der Waals surface area contributed by atoms with Gasteiger partial charge in [0.25, 0.3) is 0 Å². The number of nitrogens with zero attached hydrogens (tertiary/aromatic N) is 1. The number of urea groups is 1. The van der Waals surface area contributed by atoms with Crippen LogP contribution in [0.4, 0.5) is 4.79 Å². The van der Waals surface area contributed by atoms with E-state index in [0.29, 0.717) is 26.2 Å². The smallest absolute Gasteiger partial charge is 0.314 e. The van der Waals surface area contributed by atoms with Gasteiger partial charge in [0.1, 0.15) is 0 Å². The van der Waals surface area contributed by atoms with E-state index in [9.17, 15) is 9.59 Å². The normalized spacial score (nSPS) is 24.8. The molecular formula is C15H27N3O3. The summed E-state index contributed by atoms with van der Waals surface area (Å²) in [5, 5.41) is 3.08. The number of hydrogen-bond acceptors (Lipinski definition) is 3. The number of piperidine rings is 1. The third-order valence-corrected chi connectivity index (χ3v) is 4.86. The van der Waals surface area contributed by atoms with Crippen molar-refractivity contribution in [1.29, 1.82) is 0 Å². The van der Waals surface area contributed by atoms with Gasteiger partial charge in [-0.25, -0.2) is 4.79 Å². The third-order valence-electron chi connectivity index (χ3n) is 4.86. The van der Waals surface area contributed by atoms with E-state index in [1.54, 1.807) is 12.0 Å². The van der Waals surface area contributed by atoms with Crippen molar-refractivity contribution in [2.45, 2.75) is 38.5 Å². The summed E-state index contributed by atoms with van der Waals surface area (Å²) < 4.78 is 5.33. The number of hydrogen-bond donors (Lipinski definition) is 2. The molecule has 1 atom stereocenters. The van der Waals surface area contributed by atoms with E-state index in [4.69, 9.17) is 10.5 Å². The minimum Gasteiger partial charge on any atom is -0.384 e. The summed E-state index contributed by atoms with van der Waals surface area (Å²) in [6.07, 6.45) is 6.30. The number of ether oxygens (including phenoxy) is 1. The molecule has 3 amide bonds. The lowest BCUT2D eigenvalue weighted by Gasteiger charge is -2.33. The molecule has 2 aliphatic rings. The Balaban J connectivity index is 1.84.